The number of aryl methyl sites for hydroxylation is 1. The van der Waals surface area contributed by atoms with Crippen LogP contribution in [-0.4, -0.2) is 26.8 Å². The van der Waals surface area contributed by atoms with Gasteiger partial charge in [0.25, 0.3) is 0 Å². The first kappa shape index (κ1) is 13.4. The van der Waals surface area contributed by atoms with Gasteiger partial charge in [-0.25, -0.2) is 9.97 Å². The molecule has 4 rings (SSSR count). The van der Waals surface area contributed by atoms with Gasteiger partial charge in [-0.3, -0.25) is 4.79 Å². The van der Waals surface area contributed by atoms with E-state index in [9.17, 15) is 4.79 Å². The maximum Gasteiger partial charge on any atom is 0.227 e. The van der Waals surface area contributed by atoms with Gasteiger partial charge in [0.1, 0.15) is 5.82 Å². The highest BCUT2D eigenvalue weighted by molar-refractivity contribution is 5.80. The van der Waals surface area contributed by atoms with Gasteiger partial charge in [0.05, 0.1) is 18.2 Å². The van der Waals surface area contributed by atoms with E-state index in [2.05, 4.69) is 14.9 Å². The first-order valence-electron chi connectivity index (χ1n) is 7.90. The Labute approximate surface area is 130 Å². The molecule has 0 saturated carbocycles. The Morgan fingerprint density at radius 2 is 2.09 bits per heavy atom. The second kappa shape index (κ2) is 5.20. The largest absolute Gasteiger partial charge is 0.332 e. The molecule has 1 fully saturated rings. The molecule has 0 unspecified atom stereocenters. The molecule has 2 aromatic rings. The maximum atomic E-state index is 12.8. The fourth-order valence-corrected chi connectivity index (χ4v) is 3.82. The zero-order valence-electron chi connectivity index (χ0n) is 12.7. The number of hydrogen-bond acceptors (Lipinski definition) is 3. The summed E-state index contributed by atoms with van der Waals surface area (Å²) in [6.07, 6.45) is 5.38. The smallest absolute Gasteiger partial charge is 0.227 e. The summed E-state index contributed by atoms with van der Waals surface area (Å²) in [6, 6.07) is 10.5. The minimum absolute atomic E-state index is 0.172. The summed E-state index contributed by atoms with van der Waals surface area (Å²) >= 11 is 0. The number of aromatic nitrogens is 2. The van der Waals surface area contributed by atoms with Crippen LogP contribution in [0.2, 0.25) is 0 Å². The van der Waals surface area contributed by atoms with Crippen molar-refractivity contribution in [2.45, 2.75) is 44.7 Å². The van der Waals surface area contributed by atoms with Crippen molar-refractivity contribution in [3.8, 4) is 0 Å². The molecule has 1 aromatic carbocycles. The highest BCUT2D eigenvalue weighted by Crippen LogP contribution is 2.43. The van der Waals surface area contributed by atoms with Crippen molar-refractivity contribution in [3.05, 3.63) is 59.2 Å². The molecule has 1 saturated heterocycles. The zero-order valence-corrected chi connectivity index (χ0v) is 12.7. The lowest BCUT2D eigenvalue weighted by Crippen LogP contribution is -2.43. The Morgan fingerprint density at radius 3 is 2.91 bits per heavy atom. The average molecular weight is 293 g/mol. The molecular weight excluding hydrogens is 274 g/mol. The number of nitrogens with zero attached hydrogens (tertiary/aromatic N) is 3. The third-order valence-corrected chi connectivity index (χ3v) is 4.80. The molecule has 2 aliphatic heterocycles. The molecule has 1 amide bonds. The SMILES string of the molecule is Cc1ncc2c(n1)C[C@@H]1CC[C@H]2N1C(=O)Cc1ccccc1. The normalized spacial score (nSPS) is 22.5. The molecule has 2 aliphatic rings. The van der Waals surface area contributed by atoms with Crippen LogP contribution in [0.5, 0.6) is 0 Å². The Morgan fingerprint density at radius 1 is 1.27 bits per heavy atom. The molecule has 22 heavy (non-hydrogen) atoms. The molecular formula is C18H19N3O. The van der Waals surface area contributed by atoms with Crippen LogP contribution in [0.15, 0.2) is 36.5 Å². The summed E-state index contributed by atoms with van der Waals surface area (Å²) in [7, 11) is 0. The highest BCUT2D eigenvalue weighted by atomic mass is 16.2. The van der Waals surface area contributed by atoms with Crippen molar-refractivity contribution >= 4 is 5.91 Å². The standard InChI is InChI=1S/C18H19N3O/c1-12-19-11-15-16(20-12)10-14-7-8-17(15)21(14)18(22)9-13-5-3-2-4-6-13/h2-6,11,14,17H,7-10H2,1H3/t14-,17+/m0/s1. The van der Waals surface area contributed by atoms with E-state index in [1.807, 2.05) is 43.5 Å². The third-order valence-electron chi connectivity index (χ3n) is 4.80. The van der Waals surface area contributed by atoms with Gasteiger partial charge in [0.2, 0.25) is 5.91 Å². The first-order chi connectivity index (χ1) is 10.7. The Balaban J connectivity index is 1.61. The lowest BCUT2D eigenvalue weighted by molar-refractivity contribution is -0.134. The lowest BCUT2D eigenvalue weighted by Gasteiger charge is -2.35. The van der Waals surface area contributed by atoms with E-state index < -0.39 is 0 Å². The molecule has 2 atom stereocenters. The third kappa shape index (κ3) is 2.19. The number of benzene rings is 1. The van der Waals surface area contributed by atoms with Crippen LogP contribution in [0.3, 0.4) is 0 Å². The van der Waals surface area contributed by atoms with Gasteiger partial charge in [-0.05, 0) is 25.3 Å². The summed E-state index contributed by atoms with van der Waals surface area (Å²) in [5, 5.41) is 0. The first-order valence-corrected chi connectivity index (χ1v) is 7.90. The number of carbonyl (C=O) groups is 1. The summed E-state index contributed by atoms with van der Waals surface area (Å²) < 4.78 is 0. The summed E-state index contributed by atoms with van der Waals surface area (Å²) in [5.41, 5.74) is 3.38. The van der Waals surface area contributed by atoms with Gasteiger partial charge in [0, 0.05) is 24.2 Å². The van der Waals surface area contributed by atoms with Crippen molar-refractivity contribution in [2.24, 2.45) is 0 Å². The molecule has 0 spiro atoms. The number of rotatable bonds is 2. The second-order valence-corrected chi connectivity index (χ2v) is 6.23. The zero-order chi connectivity index (χ0) is 15.1. The predicted octanol–water partition coefficient (Wildman–Crippen LogP) is 2.62. The van der Waals surface area contributed by atoms with Crippen molar-refractivity contribution < 1.29 is 4.79 Å². The number of fused-ring (bicyclic) bond motifs is 4. The molecule has 112 valence electrons. The van der Waals surface area contributed by atoms with Crippen LogP contribution >= 0.6 is 0 Å². The van der Waals surface area contributed by atoms with E-state index in [0.717, 1.165) is 41.9 Å². The molecule has 0 radical (unpaired) electrons. The average Bonchev–Trinajstić information content (AvgIpc) is 2.84. The molecule has 4 heteroatoms. The van der Waals surface area contributed by atoms with Crippen molar-refractivity contribution in [1.82, 2.24) is 14.9 Å². The van der Waals surface area contributed by atoms with Crippen molar-refractivity contribution in [1.29, 1.82) is 0 Å². The minimum Gasteiger partial charge on any atom is -0.332 e. The van der Waals surface area contributed by atoms with Gasteiger partial charge in [-0.1, -0.05) is 30.3 Å². The van der Waals surface area contributed by atoms with Crippen LogP contribution in [0.1, 0.15) is 41.5 Å². The minimum atomic E-state index is 0.172. The van der Waals surface area contributed by atoms with E-state index in [-0.39, 0.29) is 11.9 Å². The van der Waals surface area contributed by atoms with Crippen LogP contribution in [0.4, 0.5) is 0 Å². The number of carbonyl (C=O) groups excluding carboxylic acids is 1. The Hall–Kier alpha value is -2.23. The van der Waals surface area contributed by atoms with E-state index >= 15 is 0 Å². The van der Waals surface area contributed by atoms with Gasteiger partial charge in [0.15, 0.2) is 0 Å². The fourth-order valence-electron chi connectivity index (χ4n) is 3.82. The van der Waals surface area contributed by atoms with Crippen molar-refractivity contribution in [3.63, 3.8) is 0 Å². The van der Waals surface area contributed by atoms with Crippen LogP contribution in [-0.2, 0) is 17.6 Å². The summed E-state index contributed by atoms with van der Waals surface area (Å²) in [4.78, 5) is 23.8. The molecule has 2 bridgehead atoms. The van der Waals surface area contributed by atoms with Crippen LogP contribution < -0.4 is 0 Å². The fraction of sp³-hybridized carbons (Fsp3) is 0.389. The predicted molar refractivity (Wildman–Crippen MR) is 83.2 cm³/mol. The van der Waals surface area contributed by atoms with E-state index in [4.69, 9.17) is 0 Å². The van der Waals surface area contributed by atoms with E-state index in [0.29, 0.717) is 12.5 Å². The summed E-state index contributed by atoms with van der Waals surface area (Å²) in [6.45, 7) is 1.93. The maximum absolute atomic E-state index is 12.8. The summed E-state index contributed by atoms with van der Waals surface area (Å²) in [5.74, 6) is 1.05. The lowest BCUT2D eigenvalue weighted by atomic mass is 9.98. The highest BCUT2D eigenvalue weighted by Gasteiger charge is 2.43. The van der Waals surface area contributed by atoms with Gasteiger partial charge in [-0.15, -0.1) is 0 Å². The van der Waals surface area contributed by atoms with Gasteiger partial charge in [-0.2, -0.15) is 0 Å². The van der Waals surface area contributed by atoms with Gasteiger partial charge >= 0.3 is 0 Å². The topological polar surface area (TPSA) is 46.1 Å². The molecule has 1 aromatic heterocycles. The van der Waals surface area contributed by atoms with Crippen LogP contribution in [0, 0.1) is 6.92 Å². The molecule has 0 aliphatic carbocycles. The van der Waals surface area contributed by atoms with Gasteiger partial charge < -0.3 is 4.90 Å². The monoisotopic (exact) mass is 293 g/mol. The van der Waals surface area contributed by atoms with E-state index in [1.165, 1.54) is 0 Å². The Bertz CT molecular complexity index is 714. The van der Waals surface area contributed by atoms with Crippen molar-refractivity contribution in [2.75, 3.05) is 0 Å². The second-order valence-electron chi connectivity index (χ2n) is 6.23. The number of hydrogen-bond donors (Lipinski definition) is 0. The Kier molecular flexibility index (Phi) is 3.17. The number of amides is 1. The van der Waals surface area contributed by atoms with E-state index in [1.54, 1.807) is 0 Å². The quantitative estimate of drug-likeness (QED) is 0.855. The molecule has 3 heterocycles. The molecule has 0 N–H and O–H groups in total. The van der Waals surface area contributed by atoms with Crippen LogP contribution in [0.25, 0.3) is 0 Å². The molecule has 4 nitrogen and oxygen atoms in total.